The first-order chi connectivity index (χ1) is 10.9. The number of hydrogen-bond acceptors (Lipinski definition) is 2. The van der Waals surface area contributed by atoms with Crippen molar-refractivity contribution in [1.29, 1.82) is 0 Å². The molecule has 0 radical (unpaired) electrons. The molecule has 23 heavy (non-hydrogen) atoms. The summed E-state index contributed by atoms with van der Waals surface area (Å²) in [6.07, 6.45) is 0. The van der Waals surface area contributed by atoms with Gasteiger partial charge in [-0.2, -0.15) is 0 Å². The maximum atomic E-state index is 13.1. The molecule has 2 amide bonds. The van der Waals surface area contributed by atoms with E-state index in [2.05, 4.69) is 0 Å². The van der Waals surface area contributed by atoms with Gasteiger partial charge in [0.1, 0.15) is 10.8 Å². The third-order valence-corrected chi connectivity index (χ3v) is 4.33. The number of hydrogen-bond donors (Lipinski definition) is 0. The number of benzene rings is 2. The van der Waals surface area contributed by atoms with Crippen LogP contribution in [-0.2, 0) is 9.59 Å². The molecule has 0 saturated heterocycles. The van der Waals surface area contributed by atoms with Crippen LogP contribution in [0.4, 0.5) is 10.1 Å². The van der Waals surface area contributed by atoms with Crippen molar-refractivity contribution in [2.45, 2.75) is 13.8 Å². The van der Waals surface area contributed by atoms with Crippen LogP contribution >= 0.6 is 11.6 Å². The van der Waals surface area contributed by atoms with Gasteiger partial charge in [-0.15, -0.1) is 0 Å². The first-order valence-corrected chi connectivity index (χ1v) is 7.40. The van der Waals surface area contributed by atoms with Gasteiger partial charge in [-0.05, 0) is 48.7 Å². The van der Waals surface area contributed by atoms with E-state index in [1.807, 2.05) is 19.9 Å². The molecule has 3 rings (SSSR count). The minimum absolute atomic E-state index is 0.0950. The molecule has 0 N–H and O–H groups in total. The van der Waals surface area contributed by atoms with Crippen LogP contribution < -0.4 is 4.90 Å². The van der Waals surface area contributed by atoms with Crippen LogP contribution in [0.15, 0.2) is 47.5 Å². The lowest BCUT2D eigenvalue weighted by molar-refractivity contribution is -0.119. The molecule has 0 bridgehead atoms. The zero-order valence-corrected chi connectivity index (χ0v) is 13.3. The summed E-state index contributed by atoms with van der Waals surface area (Å²) in [6, 6.07) is 10.7. The third-order valence-electron chi connectivity index (χ3n) is 3.98. The van der Waals surface area contributed by atoms with Gasteiger partial charge < -0.3 is 0 Å². The molecule has 5 heteroatoms. The highest BCUT2D eigenvalue weighted by molar-refractivity contribution is 6.60. The Labute approximate surface area is 138 Å². The van der Waals surface area contributed by atoms with Gasteiger partial charge in [-0.1, -0.05) is 35.9 Å². The van der Waals surface area contributed by atoms with Crippen molar-refractivity contribution in [3.63, 3.8) is 0 Å². The quantitative estimate of drug-likeness (QED) is 0.782. The summed E-state index contributed by atoms with van der Waals surface area (Å²) in [5.74, 6) is -1.49. The molecule has 1 aliphatic rings. The summed E-state index contributed by atoms with van der Waals surface area (Å²) in [4.78, 5) is 26.3. The third kappa shape index (κ3) is 2.45. The Morgan fingerprint density at radius 3 is 2.26 bits per heavy atom. The van der Waals surface area contributed by atoms with E-state index < -0.39 is 17.6 Å². The molecule has 1 aliphatic heterocycles. The van der Waals surface area contributed by atoms with Crippen molar-refractivity contribution in [3.8, 4) is 0 Å². The van der Waals surface area contributed by atoms with Gasteiger partial charge in [0, 0.05) is 0 Å². The highest BCUT2D eigenvalue weighted by Crippen LogP contribution is 2.36. The predicted molar refractivity (Wildman–Crippen MR) is 87.6 cm³/mol. The van der Waals surface area contributed by atoms with Crippen molar-refractivity contribution in [3.05, 3.63) is 70.0 Å². The number of nitrogens with zero attached hydrogens (tertiary/aromatic N) is 1. The van der Waals surface area contributed by atoms with Crippen LogP contribution in [-0.4, -0.2) is 11.8 Å². The molecule has 0 aromatic heterocycles. The Bertz CT molecular complexity index is 856. The highest BCUT2D eigenvalue weighted by Gasteiger charge is 2.39. The molecule has 0 aliphatic carbocycles. The van der Waals surface area contributed by atoms with Gasteiger partial charge >= 0.3 is 0 Å². The summed E-state index contributed by atoms with van der Waals surface area (Å²) in [6.45, 7) is 3.74. The lowest BCUT2D eigenvalue weighted by Gasteiger charge is -2.18. The van der Waals surface area contributed by atoms with Crippen molar-refractivity contribution in [1.82, 2.24) is 0 Å². The molecule has 3 nitrogen and oxygen atoms in total. The van der Waals surface area contributed by atoms with E-state index in [1.165, 1.54) is 24.3 Å². The number of amides is 2. The van der Waals surface area contributed by atoms with E-state index in [9.17, 15) is 14.0 Å². The predicted octanol–water partition coefficient (Wildman–Crippen LogP) is 3.97. The second-order valence-corrected chi connectivity index (χ2v) is 5.74. The Balaban J connectivity index is 2.09. The second-order valence-electron chi connectivity index (χ2n) is 5.36. The molecular formula is C18H13ClFNO2. The first-order valence-electron chi connectivity index (χ1n) is 7.02. The van der Waals surface area contributed by atoms with Crippen LogP contribution in [0.2, 0.25) is 0 Å². The molecule has 0 unspecified atom stereocenters. The summed E-state index contributed by atoms with van der Waals surface area (Å²) >= 11 is 6.11. The maximum Gasteiger partial charge on any atom is 0.277 e. The minimum Gasteiger partial charge on any atom is -0.268 e. The van der Waals surface area contributed by atoms with E-state index in [-0.39, 0.29) is 10.6 Å². The van der Waals surface area contributed by atoms with Crippen LogP contribution in [0.25, 0.3) is 5.57 Å². The number of halogens is 2. The molecule has 0 spiro atoms. The fraction of sp³-hybridized carbons (Fsp3) is 0.111. The van der Waals surface area contributed by atoms with Gasteiger partial charge in [0.25, 0.3) is 11.8 Å². The van der Waals surface area contributed by atoms with Gasteiger partial charge in [0.05, 0.1) is 11.3 Å². The Hall–Kier alpha value is -2.46. The van der Waals surface area contributed by atoms with E-state index >= 15 is 0 Å². The van der Waals surface area contributed by atoms with Gasteiger partial charge in [-0.3, -0.25) is 9.59 Å². The normalized spacial score (nSPS) is 14.9. The number of aryl methyl sites for hydroxylation is 1. The fourth-order valence-electron chi connectivity index (χ4n) is 2.57. The molecule has 2 aromatic carbocycles. The zero-order valence-electron chi connectivity index (χ0n) is 12.6. The van der Waals surface area contributed by atoms with E-state index in [0.717, 1.165) is 16.0 Å². The molecule has 116 valence electrons. The van der Waals surface area contributed by atoms with Gasteiger partial charge in [0.15, 0.2) is 0 Å². The lowest BCUT2D eigenvalue weighted by atomic mass is 10.1. The van der Waals surface area contributed by atoms with Crippen molar-refractivity contribution in [2.75, 3.05) is 4.90 Å². The minimum atomic E-state index is -0.565. The first kappa shape index (κ1) is 15.4. The topological polar surface area (TPSA) is 37.4 Å². The molecule has 0 fully saturated rings. The monoisotopic (exact) mass is 329 g/mol. The number of imide groups is 1. The summed E-state index contributed by atoms with van der Waals surface area (Å²) in [7, 11) is 0. The molecule has 2 aromatic rings. The molecular weight excluding hydrogens is 317 g/mol. The molecule has 0 saturated carbocycles. The van der Waals surface area contributed by atoms with Gasteiger partial charge in [0.2, 0.25) is 0 Å². The standard InChI is InChI=1S/C18H13ClFNO2/c1-10-4-3-5-14(11(10)2)21-17(22)15(16(19)18(21)23)12-6-8-13(20)9-7-12/h3-9H,1-2H3. The SMILES string of the molecule is Cc1cccc(N2C(=O)C(Cl)=C(c3ccc(F)cc3)C2=O)c1C. The number of anilines is 1. The average Bonchev–Trinajstić information content (AvgIpc) is 2.74. The Kier molecular flexibility index (Phi) is 3.78. The second kappa shape index (κ2) is 5.63. The summed E-state index contributed by atoms with van der Waals surface area (Å²) in [5.41, 5.74) is 2.82. The zero-order chi connectivity index (χ0) is 16.7. The van der Waals surface area contributed by atoms with Crippen LogP contribution in [0.5, 0.6) is 0 Å². The average molecular weight is 330 g/mol. The largest absolute Gasteiger partial charge is 0.277 e. The lowest BCUT2D eigenvalue weighted by Crippen LogP contribution is -2.31. The van der Waals surface area contributed by atoms with Crippen LogP contribution in [0.3, 0.4) is 0 Å². The summed E-state index contributed by atoms with van der Waals surface area (Å²) in [5, 5.41) is -0.150. The number of rotatable bonds is 2. The smallest absolute Gasteiger partial charge is 0.268 e. The van der Waals surface area contributed by atoms with E-state index in [1.54, 1.807) is 12.1 Å². The van der Waals surface area contributed by atoms with Crippen molar-refractivity contribution < 1.29 is 14.0 Å². The number of carbonyl (C=O) groups is 2. The van der Waals surface area contributed by atoms with Crippen molar-refractivity contribution >= 4 is 34.7 Å². The van der Waals surface area contributed by atoms with Gasteiger partial charge in [-0.25, -0.2) is 9.29 Å². The van der Waals surface area contributed by atoms with Crippen LogP contribution in [0.1, 0.15) is 16.7 Å². The molecule has 0 atom stereocenters. The van der Waals surface area contributed by atoms with E-state index in [4.69, 9.17) is 11.6 Å². The van der Waals surface area contributed by atoms with Crippen molar-refractivity contribution in [2.24, 2.45) is 0 Å². The molecule has 1 heterocycles. The maximum absolute atomic E-state index is 13.1. The fourth-order valence-corrected chi connectivity index (χ4v) is 2.84. The summed E-state index contributed by atoms with van der Waals surface area (Å²) < 4.78 is 13.1. The van der Waals surface area contributed by atoms with Crippen LogP contribution in [0, 0.1) is 19.7 Å². The Morgan fingerprint density at radius 2 is 1.61 bits per heavy atom. The number of carbonyl (C=O) groups excluding carboxylic acids is 2. The highest BCUT2D eigenvalue weighted by atomic mass is 35.5. The Morgan fingerprint density at radius 1 is 0.957 bits per heavy atom. The van der Waals surface area contributed by atoms with E-state index in [0.29, 0.717) is 11.3 Å².